The molecule has 1 aliphatic carbocycles. The molecule has 0 spiro atoms. The van der Waals surface area contributed by atoms with E-state index in [1.807, 2.05) is 24.3 Å². The van der Waals surface area contributed by atoms with Gasteiger partial charge in [0.1, 0.15) is 6.54 Å². The highest BCUT2D eigenvalue weighted by atomic mass is 79.9. The van der Waals surface area contributed by atoms with Crippen LogP contribution in [0.15, 0.2) is 28.7 Å². The van der Waals surface area contributed by atoms with Gasteiger partial charge in [-0.2, -0.15) is 0 Å². The number of halogens is 1. The normalized spacial score (nSPS) is 19.4. The molecule has 1 saturated carbocycles. The molecule has 0 atom stereocenters. The minimum Gasteiger partial charge on any atom is -0.345 e. The van der Waals surface area contributed by atoms with Gasteiger partial charge in [0, 0.05) is 4.47 Å². The quantitative estimate of drug-likeness (QED) is 0.797. The monoisotopic (exact) mass is 351 g/mol. The van der Waals surface area contributed by atoms with Crippen LogP contribution in [0.2, 0.25) is 0 Å². The maximum atomic E-state index is 12.1. The van der Waals surface area contributed by atoms with Gasteiger partial charge in [-0.15, -0.1) is 0 Å². The molecule has 21 heavy (non-hydrogen) atoms. The van der Waals surface area contributed by atoms with Crippen LogP contribution in [0.4, 0.5) is 4.79 Å². The van der Waals surface area contributed by atoms with Crippen molar-refractivity contribution >= 4 is 33.8 Å². The van der Waals surface area contributed by atoms with Crippen LogP contribution in [0.1, 0.15) is 18.4 Å². The van der Waals surface area contributed by atoms with Crippen LogP contribution in [0, 0.1) is 0 Å². The molecule has 2 aliphatic rings. The Kier molecular flexibility index (Phi) is 3.44. The fraction of sp³-hybridized carbons (Fsp3) is 0.357. The van der Waals surface area contributed by atoms with Gasteiger partial charge in [0.2, 0.25) is 5.91 Å². The first-order valence-corrected chi connectivity index (χ1v) is 7.45. The van der Waals surface area contributed by atoms with E-state index in [0.717, 1.165) is 27.8 Å². The molecule has 2 fully saturated rings. The lowest BCUT2D eigenvalue weighted by Gasteiger charge is -2.20. The van der Waals surface area contributed by atoms with E-state index in [9.17, 15) is 14.4 Å². The third-order valence-corrected chi connectivity index (χ3v) is 4.29. The molecule has 4 amide bonds. The van der Waals surface area contributed by atoms with Crippen molar-refractivity contribution in [1.82, 2.24) is 15.5 Å². The van der Waals surface area contributed by atoms with Crippen LogP contribution >= 0.6 is 15.9 Å². The lowest BCUT2D eigenvalue weighted by Crippen LogP contribution is -2.44. The summed E-state index contributed by atoms with van der Waals surface area (Å²) < 4.78 is 0.979. The molecule has 110 valence electrons. The van der Waals surface area contributed by atoms with E-state index in [1.54, 1.807) is 0 Å². The van der Waals surface area contributed by atoms with E-state index in [4.69, 9.17) is 0 Å². The molecule has 1 aromatic carbocycles. The Labute approximate surface area is 130 Å². The van der Waals surface area contributed by atoms with Crippen LogP contribution in [0.5, 0.6) is 0 Å². The molecule has 0 aromatic heterocycles. The maximum Gasteiger partial charge on any atom is 0.325 e. The zero-order chi connectivity index (χ0) is 15.0. The smallest absolute Gasteiger partial charge is 0.325 e. The molecule has 1 aromatic rings. The Morgan fingerprint density at radius 1 is 1.29 bits per heavy atom. The van der Waals surface area contributed by atoms with E-state index < -0.39 is 6.03 Å². The minimum atomic E-state index is -0.511. The standard InChI is InChI=1S/C14H14BrN3O3/c15-10-3-1-9(2-4-10)14(5-6-14)17-11(19)8-18-12(20)7-16-13(18)21/h1-4H,5-8H2,(H,16,21)(H,17,19). The Morgan fingerprint density at radius 2 is 1.95 bits per heavy atom. The van der Waals surface area contributed by atoms with Gasteiger partial charge in [-0.05, 0) is 30.5 Å². The number of nitrogens with one attached hydrogen (secondary N) is 2. The molecular weight excluding hydrogens is 338 g/mol. The van der Waals surface area contributed by atoms with Crippen molar-refractivity contribution in [3.8, 4) is 0 Å². The molecule has 1 aliphatic heterocycles. The molecular formula is C14H14BrN3O3. The molecule has 1 heterocycles. The predicted molar refractivity (Wildman–Crippen MR) is 78.3 cm³/mol. The number of hydrogen-bond acceptors (Lipinski definition) is 3. The van der Waals surface area contributed by atoms with Gasteiger partial charge in [0.15, 0.2) is 0 Å². The van der Waals surface area contributed by atoms with Crippen molar-refractivity contribution < 1.29 is 14.4 Å². The topological polar surface area (TPSA) is 78.5 Å². The molecule has 7 heteroatoms. The summed E-state index contributed by atoms with van der Waals surface area (Å²) in [6.07, 6.45) is 1.72. The number of urea groups is 1. The first-order valence-electron chi connectivity index (χ1n) is 6.65. The van der Waals surface area contributed by atoms with Crippen molar-refractivity contribution in [2.75, 3.05) is 13.1 Å². The minimum absolute atomic E-state index is 0.0377. The van der Waals surface area contributed by atoms with Crippen LogP contribution in [-0.2, 0) is 15.1 Å². The van der Waals surface area contributed by atoms with Gasteiger partial charge in [-0.3, -0.25) is 14.5 Å². The number of benzene rings is 1. The van der Waals surface area contributed by atoms with Crippen LogP contribution in [0.3, 0.4) is 0 Å². The summed E-state index contributed by atoms with van der Waals surface area (Å²) in [5, 5.41) is 5.34. The average molecular weight is 352 g/mol. The summed E-state index contributed by atoms with van der Waals surface area (Å²) in [4.78, 5) is 35.9. The number of amides is 4. The van der Waals surface area contributed by atoms with Gasteiger partial charge < -0.3 is 10.6 Å². The van der Waals surface area contributed by atoms with Crippen LogP contribution < -0.4 is 10.6 Å². The zero-order valence-corrected chi connectivity index (χ0v) is 12.8. The first kappa shape index (κ1) is 14.1. The molecule has 6 nitrogen and oxygen atoms in total. The van der Waals surface area contributed by atoms with E-state index in [1.165, 1.54) is 0 Å². The van der Waals surface area contributed by atoms with Crippen LogP contribution in [-0.4, -0.2) is 35.8 Å². The fourth-order valence-corrected chi connectivity index (χ4v) is 2.71. The van der Waals surface area contributed by atoms with Crippen molar-refractivity contribution in [2.45, 2.75) is 18.4 Å². The number of hydrogen-bond donors (Lipinski definition) is 2. The zero-order valence-electron chi connectivity index (χ0n) is 11.2. The third-order valence-electron chi connectivity index (χ3n) is 3.76. The highest BCUT2D eigenvalue weighted by Gasteiger charge is 2.46. The summed E-state index contributed by atoms with van der Waals surface area (Å²) >= 11 is 3.38. The van der Waals surface area contributed by atoms with Gasteiger partial charge in [-0.25, -0.2) is 4.79 Å². The van der Waals surface area contributed by atoms with Crippen molar-refractivity contribution in [3.63, 3.8) is 0 Å². The predicted octanol–water partition coefficient (Wildman–Crippen LogP) is 1.11. The number of rotatable bonds is 4. The largest absolute Gasteiger partial charge is 0.345 e. The number of imide groups is 1. The summed E-state index contributed by atoms with van der Waals surface area (Å²) in [7, 11) is 0. The lowest BCUT2D eigenvalue weighted by atomic mass is 10.1. The number of nitrogens with zero attached hydrogens (tertiary/aromatic N) is 1. The molecule has 1 saturated heterocycles. The van der Waals surface area contributed by atoms with Crippen molar-refractivity contribution in [1.29, 1.82) is 0 Å². The summed E-state index contributed by atoms with van der Waals surface area (Å²) in [5.74, 6) is -0.690. The molecule has 0 unspecified atom stereocenters. The second-order valence-corrected chi connectivity index (χ2v) is 6.19. The Hall–Kier alpha value is -1.89. The average Bonchev–Trinajstić information content (AvgIpc) is 3.16. The number of carbonyl (C=O) groups excluding carboxylic acids is 3. The van der Waals surface area contributed by atoms with E-state index >= 15 is 0 Å². The number of carbonyl (C=O) groups is 3. The molecule has 0 radical (unpaired) electrons. The van der Waals surface area contributed by atoms with Gasteiger partial charge >= 0.3 is 6.03 Å². The van der Waals surface area contributed by atoms with E-state index in [-0.39, 0.29) is 30.4 Å². The van der Waals surface area contributed by atoms with Gasteiger partial charge in [0.25, 0.3) is 5.91 Å². The van der Waals surface area contributed by atoms with E-state index in [0.29, 0.717) is 0 Å². The fourth-order valence-electron chi connectivity index (χ4n) is 2.45. The summed E-state index contributed by atoms with van der Waals surface area (Å²) in [6.45, 7) is -0.271. The molecule has 0 bridgehead atoms. The Balaban J connectivity index is 1.66. The first-order chi connectivity index (χ1) is 10.00. The molecule has 2 N–H and O–H groups in total. The van der Waals surface area contributed by atoms with E-state index in [2.05, 4.69) is 26.6 Å². The highest BCUT2D eigenvalue weighted by Crippen LogP contribution is 2.45. The third kappa shape index (κ3) is 2.78. The summed E-state index contributed by atoms with van der Waals surface area (Å²) in [5.41, 5.74) is 0.688. The highest BCUT2D eigenvalue weighted by molar-refractivity contribution is 9.10. The maximum absolute atomic E-state index is 12.1. The van der Waals surface area contributed by atoms with Gasteiger partial charge in [-0.1, -0.05) is 28.1 Å². The molecule has 3 rings (SSSR count). The summed E-state index contributed by atoms with van der Waals surface area (Å²) in [6, 6.07) is 7.28. The Morgan fingerprint density at radius 3 is 2.48 bits per heavy atom. The van der Waals surface area contributed by atoms with Crippen molar-refractivity contribution in [3.05, 3.63) is 34.3 Å². The second-order valence-electron chi connectivity index (χ2n) is 5.28. The van der Waals surface area contributed by atoms with Gasteiger partial charge in [0.05, 0.1) is 12.1 Å². The lowest BCUT2D eigenvalue weighted by molar-refractivity contribution is -0.131. The second kappa shape index (κ2) is 5.14. The SMILES string of the molecule is O=C(CN1C(=O)CNC1=O)NC1(c2ccc(Br)cc2)CC1. The Bertz CT molecular complexity index is 594. The van der Waals surface area contributed by atoms with Crippen LogP contribution in [0.25, 0.3) is 0 Å². The van der Waals surface area contributed by atoms with Crippen molar-refractivity contribution in [2.24, 2.45) is 0 Å².